The lowest BCUT2D eigenvalue weighted by Crippen LogP contribution is -2.48. The van der Waals surface area contributed by atoms with E-state index in [1.807, 2.05) is 24.3 Å². The maximum Gasteiger partial charge on any atom is 0.269 e. The van der Waals surface area contributed by atoms with Gasteiger partial charge in [-0.25, -0.2) is 4.68 Å². The van der Waals surface area contributed by atoms with Crippen molar-refractivity contribution in [1.82, 2.24) is 25.1 Å². The fourth-order valence-corrected chi connectivity index (χ4v) is 4.06. The lowest BCUT2D eigenvalue weighted by Gasteiger charge is -2.39. The van der Waals surface area contributed by atoms with Crippen LogP contribution in [0.2, 0.25) is 5.02 Å². The third-order valence-corrected chi connectivity index (χ3v) is 5.85. The van der Waals surface area contributed by atoms with Crippen molar-refractivity contribution in [3.8, 4) is 0 Å². The molecule has 11 heteroatoms. The highest BCUT2D eigenvalue weighted by atomic mass is 35.5. The Kier molecular flexibility index (Phi) is 6.93. The number of nitro groups is 1. The van der Waals surface area contributed by atoms with Gasteiger partial charge in [-0.1, -0.05) is 23.7 Å². The van der Waals surface area contributed by atoms with Crippen molar-refractivity contribution >= 4 is 23.0 Å². The number of tetrazole rings is 1. The van der Waals surface area contributed by atoms with Crippen molar-refractivity contribution in [3.63, 3.8) is 0 Å². The number of nitro benzene ring substituents is 1. The molecule has 32 heavy (non-hydrogen) atoms. The maximum absolute atomic E-state index is 10.9. The molecule has 4 rings (SSSR count). The van der Waals surface area contributed by atoms with E-state index in [0.29, 0.717) is 18.2 Å². The second kappa shape index (κ2) is 10.0. The average Bonchev–Trinajstić information content (AvgIpc) is 3.27. The average molecular weight is 458 g/mol. The monoisotopic (exact) mass is 457 g/mol. The van der Waals surface area contributed by atoms with Gasteiger partial charge in [0.25, 0.3) is 5.69 Å². The molecule has 2 aromatic carbocycles. The van der Waals surface area contributed by atoms with Gasteiger partial charge in [-0.3, -0.25) is 15.0 Å². The molecule has 168 valence electrons. The third-order valence-electron chi connectivity index (χ3n) is 5.60. The van der Waals surface area contributed by atoms with Crippen LogP contribution in [0.1, 0.15) is 17.4 Å². The van der Waals surface area contributed by atoms with Gasteiger partial charge in [-0.05, 0) is 40.3 Å². The molecule has 1 fully saturated rings. The van der Waals surface area contributed by atoms with Gasteiger partial charge in [-0.15, -0.1) is 5.10 Å². The SMILES string of the molecule is COCCn1nnnc1C(c1ccc(Cl)cc1)N1CCN(c2ccc([N+](=O)[O-])cc2)CC1. The Labute approximate surface area is 190 Å². The number of hydrogen-bond acceptors (Lipinski definition) is 8. The summed E-state index contributed by atoms with van der Waals surface area (Å²) in [6.07, 6.45) is 0. The van der Waals surface area contributed by atoms with Crippen LogP contribution in [0.15, 0.2) is 48.5 Å². The zero-order valence-electron chi connectivity index (χ0n) is 17.7. The third kappa shape index (κ3) is 4.87. The van der Waals surface area contributed by atoms with Crippen LogP contribution in [0.25, 0.3) is 0 Å². The van der Waals surface area contributed by atoms with Gasteiger partial charge in [0, 0.05) is 56.1 Å². The highest BCUT2D eigenvalue weighted by Gasteiger charge is 2.30. The Bertz CT molecular complexity index is 1030. The Morgan fingerprint density at radius 1 is 1.09 bits per heavy atom. The van der Waals surface area contributed by atoms with Crippen LogP contribution in [0.3, 0.4) is 0 Å². The first-order valence-electron chi connectivity index (χ1n) is 10.3. The van der Waals surface area contributed by atoms with E-state index in [0.717, 1.165) is 43.3 Å². The van der Waals surface area contributed by atoms with Gasteiger partial charge in [0.05, 0.1) is 24.1 Å². The normalized spacial score (nSPS) is 15.6. The van der Waals surface area contributed by atoms with Gasteiger partial charge in [0.15, 0.2) is 5.82 Å². The van der Waals surface area contributed by atoms with E-state index in [2.05, 4.69) is 25.3 Å². The van der Waals surface area contributed by atoms with Gasteiger partial charge < -0.3 is 9.64 Å². The Morgan fingerprint density at radius 2 is 1.78 bits per heavy atom. The van der Waals surface area contributed by atoms with Gasteiger partial charge in [0.2, 0.25) is 0 Å². The number of anilines is 1. The number of ether oxygens (including phenoxy) is 1. The molecule has 0 amide bonds. The predicted octanol–water partition coefficient (Wildman–Crippen LogP) is 2.79. The smallest absolute Gasteiger partial charge is 0.269 e. The fourth-order valence-electron chi connectivity index (χ4n) is 3.94. The number of methoxy groups -OCH3 is 1. The number of rotatable bonds is 8. The van der Waals surface area contributed by atoms with Crippen LogP contribution in [0.5, 0.6) is 0 Å². The minimum atomic E-state index is -0.383. The van der Waals surface area contributed by atoms with Crippen LogP contribution >= 0.6 is 11.6 Å². The van der Waals surface area contributed by atoms with Gasteiger partial charge in [0.1, 0.15) is 0 Å². The summed E-state index contributed by atoms with van der Waals surface area (Å²) < 4.78 is 6.99. The number of non-ortho nitro benzene ring substituents is 1. The van der Waals surface area contributed by atoms with Crippen molar-refractivity contribution in [1.29, 1.82) is 0 Å². The van der Waals surface area contributed by atoms with Crippen LogP contribution in [-0.4, -0.2) is 69.9 Å². The molecular weight excluding hydrogens is 434 g/mol. The quantitative estimate of drug-likeness (QED) is 0.376. The summed E-state index contributed by atoms with van der Waals surface area (Å²) >= 11 is 6.12. The molecule has 1 saturated heterocycles. The first kappa shape index (κ1) is 22.1. The topological polar surface area (TPSA) is 102 Å². The van der Waals surface area contributed by atoms with E-state index < -0.39 is 0 Å². The second-order valence-electron chi connectivity index (χ2n) is 7.50. The van der Waals surface area contributed by atoms with E-state index in [9.17, 15) is 10.1 Å². The molecule has 0 radical (unpaired) electrons. The molecular formula is C21H24ClN7O3. The van der Waals surface area contributed by atoms with Crippen molar-refractivity contribution in [2.45, 2.75) is 12.6 Å². The van der Waals surface area contributed by atoms with E-state index in [4.69, 9.17) is 16.3 Å². The van der Waals surface area contributed by atoms with Crippen LogP contribution < -0.4 is 4.90 Å². The number of halogens is 1. The zero-order valence-corrected chi connectivity index (χ0v) is 18.4. The first-order chi connectivity index (χ1) is 15.6. The molecule has 2 heterocycles. The van der Waals surface area contributed by atoms with Crippen molar-refractivity contribution in [2.75, 3.05) is 44.8 Å². The molecule has 1 atom stereocenters. The molecule has 1 unspecified atom stereocenters. The van der Waals surface area contributed by atoms with Gasteiger partial charge in [-0.2, -0.15) is 0 Å². The largest absolute Gasteiger partial charge is 0.383 e. The molecule has 0 bridgehead atoms. The highest BCUT2D eigenvalue weighted by molar-refractivity contribution is 6.30. The number of hydrogen-bond donors (Lipinski definition) is 0. The Balaban J connectivity index is 1.54. The number of aromatic nitrogens is 4. The van der Waals surface area contributed by atoms with E-state index in [1.54, 1.807) is 36.1 Å². The molecule has 3 aromatic rings. The van der Waals surface area contributed by atoms with E-state index in [-0.39, 0.29) is 16.7 Å². The lowest BCUT2D eigenvalue weighted by atomic mass is 10.0. The molecule has 0 spiro atoms. The number of nitrogens with zero attached hydrogens (tertiary/aromatic N) is 7. The standard InChI is InChI=1S/C21H24ClN7O3/c1-32-15-14-28-21(23-24-25-28)20(16-2-4-17(22)5-3-16)27-12-10-26(11-13-27)18-6-8-19(9-7-18)29(30)31/h2-9,20H,10-15H2,1H3. The number of piperazine rings is 1. The van der Waals surface area contributed by atoms with Crippen molar-refractivity contribution in [2.24, 2.45) is 0 Å². The zero-order chi connectivity index (χ0) is 22.5. The van der Waals surface area contributed by atoms with E-state index >= 15 is 0 Å². The predicted molar refractivity (Wildman–Crippen MR) is 120 cm³/mol. The Hall–Kier alpha value is -3.08. The molecule has 0 aliphatic carbocycles. The van der Waals surface area contributed by atoms with E-state index in [1.165, 1.54) is 0 Å². The second-order valence-corrected chi connectivity index (χ2v) is 7.94. The summed E-state index contributed by atoms with van der Waals surface area (Å²) in [7, 11) is 1.65. The summed E-state index contributed by atoms with van der Waals surface area (Å²) in [5.74, 6) is 0.758. The minimum absolute atomic E-state index is 0.0954. The van der Waals surface area contributed by atoms with Crippen LogP contribution in [-0.2, 0) is 11.3 Å². The summed E-state index contributed by atoms with van der Waals surface area (Å²) in [6.45, 7) is 4.19. The molecule has 0 N–H and O–H groups in total. The van der Waals surface area contributed by atoms with Crippen molar-refractivity contribution in [3.05, 3.63) is 75.1 Å². The number of benzene rings is 2. The first-order valence-corrected chi connectivity index (χ1v) is 10.7. The lowest BCUT2D eigenvalue weighted by molar-refractivity contribution is -0.384. The minimum Gasteiger partial charge on any atom is -0.383 e. The molecule has 1 aromatic heterocycles. The molecule has 10 nitrogen and oxygen atoms in total. The summed E-state index contributed by atoms with van der Waals surface area (Å²) in [4.78, 5) is 15.1. The fraction of sp³-hybridized carbons (Fsp3) is 0.381. The summed E-state index contributed by atoms with van der Waals surface area (Å²) in [5.41, 5.74) is 2.13. The van der Waals surface area contributed by atoms with Crippen molar-refractivity contribution < 1.29 is 9.66 Å². The summed E-state index contributed by atoms with van der Waals surface area (Å²) in [5, 5.41) is 24.0. The molecule has 1 aliphatic heterocycles. The van der Waals surface area contributed by atoms with Crippen LogP contribution in [0.4, 0.5) is 11.4 Å². The molecule has 1 aliphatic rings. The highest BCUT2D eigenvalue weighted by Crippen LogP contribution is 2.30. The summed E-state index contributed by atoms with van der Waals surface area (Å²) in [6, 6.07) is 14.3. The maximum atomic E-state index is 10.9. The molecule has 0 saturated carbocycles. The van der Waals surface area contributed by atoms with Crippen LogP contribution in [0, 0.1) is 10.1 Å². The Morgan fingerprint density at radius 3 is 2.41 bits per heavy atom. The van der Waals surface area contributed by atoms with Gasteiger partial charge >= 0.3 is 0 Å².